The van der Waals surface area contributed by atoms with Crippen molar-refractivity contribution in [1.29, 1.82) is 0 Å². The predicted octanol–water partition coefficient (Wildman–Crippen LogP) is 3.36. The minimum atomic E-state index is -0.278. The number of Topliss-reactive ketones (excluding diaryl/α,β-unsaturated/α-hetero) is 2. The van der Waals surface area contributed by atoms with Crippen LogP contribution in [0.3, 0.4) is 0 Å². The summed E-state index contributed by atoms with van der Waals surface area (Å²) in [7, 11) is 9.18. The van der Waals surface area contributed by atoms with E-state index in [4.69, 9.17) is 9.47 Å². The third-order valence-electron chi connectivity index (χ3n) is 3.99. The highest BCUT2D eigenvalue weighted by molar-refractivity contribution is 6.14. The van der Waals surface area contributed by atoms with Crippen LogP contribution in [0.5, 0.6) is 11.5 Å². The van der Waals surface area contributed by atoms with Crippen LogP contribution in [0, 0.1) is 0 Å². The molecule has 0 amide bonds. The van der Waals surface area contributed by atoms with Crippen LogP contribution >= 0.6 is 0 Å². The molecule has 0 saturated heterocycles. The molecular formula is C20H24NO4+. The second-order valence-corrected chi connectivity index (χ2v) is 6.65. The van der Waals surface area contributed by atoms with Crippen molar-refractivity contribution in [2.45, 2.75) is 6.42 Å². The number of rotatable bonds is 7. The quantitative estimate of drug-likeness (QED) is 0.440. The molecule has 0 fully saturated rings. The summed E-state index contributed by atoms with van der Waals surface area (Å²) in [6.07, 6.45) is -0.202. The number of carbonyl (C=O) groups excluding carboxylic acids is 2. The average molecular weight is 342 g/mol. The highest BCUT2D eigenvalue weighted by Gasteiger charge is 2.19. The van der Waals surface area contributed by atoms with E-state index in [1.54, 1.807) is 37.4 Å². The fourth-order valence-corrected chi connectivity index (χ4v) is 2.47. The zero-order valence-corrected chi connectivity index (χ0v) is 15.3. The van der Waals surface area contributed by atoms with Crippen LogP contribution in [0.15, 0.2) is 42.5 Å². The maximum atomic E-state index is 12.5. The lowest BCUT2D eigenvalue weighted by molar-refractivity contribution is 0.0892. The van der Waals surface area contributed by atoms with Crippen molar-refractivity contribution in [3.8, 4) is 11.5 Å². The fourth-order valence-electron chi connectivity index (χ4n) is 2.47. The fraction of sp³-hybridized carbons (Fsp3) is 0.300. The summed E-state index contributed by atoms with van der Waals surface area (Å²) in [4.78, 5) is 24.9. The van der Waals surface area contributed by atoms with E-state index in [1.807, 2.05) is 12.1 Å². The van der Waals surface area contributed by atoms with Gasteiger partial charge in [0.1, 0.15) is 17.2 Å². The van der Waals surface area contributed by atoms with Crippen LogP contribution in [0.4, 0.5) is 5.69 Å². The number of quaternary nitrogens is 1. The average Bonchev–Trinajstić information content (AvgIpc) is 2.60. The van der Waals surface area contributed by atoms with Gasteiger partial charge >= 0.3 is 0 Å². The Hall–Kier alpha value is -2.66. The lowest BCUT2D eigenvalue weighted by Crippen LogP contribution is -2.34. The van der Waals surface area contributed by atoms with Gasteiger partial charge in [-0.3, -0.25) is 14.1 Å². The second kappa shape index (κ2) is 7.49. The van der Waals surface area contributed by atoms with Crippen LogP contribution in [-0.4, -0.2) is 46.9 Å². The van der Waals surface area contributed by atoms with Crippen molar-refractivity contribution in [3.63, 3.8) is 0 Å². The van der Waals surface area contributed by atoms with Gasteiger partial charge in [0.25, 0.3) is 0 Å². The Balaban J connectivity index is 2.16. The first-order chi connectivity index (χ1) is 11.8. The molecule has 0 heterocycles. The standard InChI is InChI=1S/C20H24NO4/c1-21(2,3)15-8-6-14(7-9-15)18(22)13-19(23)17-11-10-16(24-4)12-20(17)25-5/h6-12H,13H2,1-5H3/q+1. The molecule has 25 heavy (non-hydrogen) atoms. The maximum absolute atomic E-state index is 12.5. The molecule has 5 nitrogen and oxygen atoms in total. The number of methoxy groups -OCH3 is 2. The molecule has 0 radical (unpaired) electrons. The van der Waals surface area contributed by atoms with Gasteiger partial charge in [-0.2, -0.15) is 0 Å². The number of ketones is 2. The molecule has 0 aliphatic rings. The Kier molecular flexibility index (Phi) is 5.59. The Labute approximate surface area is 148 Å². The largest absolute Gasteiger partial charge is 0.497 e. The molecule has 2 aromatic carbocycles. The summed E-state index contributed by atoms with van der Waals surface area (Å²) >= 11 is 0. The zero-order valence-electron chi connectivity index (χ0n) is 15.3. The molecule has 0 bridgehead atoms. The molecule has 0 aliphatic heterocycles. The maximum Gasteiger partial charge on any atom is 0.174 e. The van der Waals surface area contributed by atoms with Crippen LogP contribution in [0.25, 0.3) is 0 Å². The molecule has 0 atom stereocenters. The van der Waals surface area contributed by atoms with Crippen LogP contribution in [0.1, 0.15) is 27.1 Å². The minimum absolute atomic E-state index is 0.202. The first-order valence-corrected chi connectivity index (χ1v) is 7.96. The monoisotopic (exact) mass is 342 g/mol. The number of hydrogen-bond donors (Lipinski definition) is 0. The molecule has 0 saturated carbocycles. The van der Waals surface area contributed by atoms with Crippen molar-refractivity contribution >= 4 is 17.3 Å². The Bertz CT molecular complexity index is 773. The number of benzene rings is 2. The molecule has 0 aliphatic carbocycles. The number of nitrogens with zero attached hydrogens (tertiary/aromatic N) is 1. The van der Waals surface area contributed by atoms with Gasteiger partial charge in [0.05, 0.1) is 47.3 Å². The van der Waals surface area contributed by atoms with Gasteiger partial charge in [0.2, 0.25) is 0 Å². The van der Waals surface area contributed by atoms with Gasteiger partial charge in [-0.1, -0.05) is 0 Å². The lowest BCUT2D eigenvalue weighted by Gasteiger charge is -2.23. The zero-order chi connectivity index (χ0) is 18.6. The van der Waals surface area contributed by atoms with E-state index in [1.165, 1.54) is 7.11 Å². The summed E-state index contributed by atoms with van der Waals surface area (Å²) in [5.74, 6) is 0.504. The molecule has 2 aromatic rings. The van der Waals surface area contributed by atoms with Crippen LogP contribution in [0.2, 0.25) is 0 Å². The molecule has 132 valence electrons. The molecule has 2 rings (SSSR count). The summed E-state index contributed by atoms with van der Waals surface area (Å²) < 4.78 is 11.0. The molecular weight excluding hydrogens is 318 g/mol. The number of hydrogen-bond acceptors (Lipinski definition) is 4. The topological polar surface area (TPSA) is 52.6 Å². The minimum Gasteiger partial charge on any atom is -0.497 e. The first kappa shape index (κ1) is 18.7. The molecule has 5 heteroatoms. The van der Waals surface area contributed by atoms with Crippen LogP contribution < -0.4 is 14.0 Å². The van der Waals surface area contributed by atoms with E-state index in [9.17, 15) is 9.59 Å². The van der Waals surface area contributed by atoms with Gasteiger partial charge in [0, 0.05) is 11.6 Å². The molecule has 0 N–H and O–H groups in total. The SMILES string of the molecule is COc1ccc(C(=O)CC(=O)c2ccc([N+](C)(C)C)cc2)c(OC)c1. The van der Waals surface area contributed by atoms with Gasteiger partial charge in [-0.15, -0.1) is 0 Å². The summed E-state index contributed by atoms with van der Waals surface area (Å²) in [6.45, 7) is 0. The van der Waals surface area contributed by atoms with E-state index < -0.39 is 0 Å². The van der Waals surface area contributed by atoms with Crippen LogP contribution in [-0.2, 0) is 0 Å². The smallest absolute Gasteiger partial charge is 0.174 e. The summed E-state index contributed by atoms with van der Waals surface area (Å²) in [5.41, 5.74) is 1.98. The normalized spacial score (nSPS) is 11.1. The molecule has 0 unspecified atom stereocenters. The predicted molar refractivity (Wildman–Crippen MR) is 98.8 cm³/mol. The Morgan fingerprint density at radius 2 is 1.52 bits per heavy atom. The highest BCUT2D eigenvalue weighted by atomic mass is 16.5. The summed E-state index contributed by atoms with van der Waals surface area (Å²) in [6, 6.07) is 12.3. The van der Waals surface area contributed by atoms with Crippen molar-refractivity contribution < 1.29 is 19.1 Å². The van der Waals surface area contributed by atoms with E-state index >= 15 is 0 Å². The number of carbonyl (C=O) groups is 2. The van der Waals surface area contributed by atoms with Crippen molar-refractivity contribution in [2.75, 3.05) is 35.4 Å². The van der Waals surface area contributed by atoms with E-state index in [0.29, 0.717) is 27.1 Å². The van der Waals surface area contributed by atoms with Gasteiger partial charge < -0.3 is 9.47 Å². The van der Waals surface area contributed by atoms with Crippen molar-refractivity contribution in [3.05, 3.63) is 53.6 Å². The van der Waals surface area contributed by atoms with Gasteiger partial charge in [-0.25, -0.2) is 0 Å². The van der Waals surface area contributed by atoms with Crippen molar-refractivity contribution in [2.24, 2.45) is 0 Å². The van der Waals surface area contributed by atoms with E-state index in [-0.39, 0.29) is 18.0 Å². The Morgan fingerprint density at radius 1 is 0.880 bits per heavy atom. The van der Waals surface area contributed by atoms with E-state index in [0.717, 1.165) is 5.69 Å². The second-order valence-electron chi connectivity index (χ2n) is 6.65. The van der Waals surface area contributed by atoms with E-state index in [2.05, 4.69) is 21.1 Å². The molecule has 0 aromatic heterocycles. The van der Waals surface area contributed by atoms with Gasteiger partial charge in [-0.05, 0) is 36.4 Å². The first-order valence-electron chi connectivity index (χ1n) is 7.96. The highest BCUT2D eigenvalue weighted by Crippen LogP contribution is 2.26. The Morgan fingerprint density at radius 3 is 2.04 bits per heavy atom. The van der Waals surface area contributed by atoms with Gasteiger partial charge in [0.15, 0.2) is 11.6 Å². The third-order valence-corrected chi connectivity index (χ3v) is 3.99. The number of ether oxygens (including phenoxy) is 2. The van der Waals surface area contributed by atoms with Crippen molar-refractivity contribution in [1.82, 2.24) is 4.48 Å². The molecule has 0 spiro atoms. The third kappa shape index (κ3) is 4.45. The lowest BCUT2D eigenvalue weighted by atomic mass is 10.0. The summed E-state index contributed by atoms with van der Waals surface area (Å²) in [5, 5.41) is 0.